The fourth-order valence-electron chi connectivity index (χ4n) is 4.23. The van der Waals surface area contributed by atoms with E-state index in [9.17, 15) is 23.2 Å². The Kier molecular flexibility index (Phi) is 6.99. The lowest BCUT2D eigenvalue weighted by molar-refractivity contribution is -0.137. The van der Waals surface area contributed by atoms with Gasteiger partial charge in [0.25, 0.3) is 5.56 Å². The lowest BCUT2D eigenvalue weighted by Crippen LogP contribution is -2.29. The van der Waals surface area contributed by atoms with Gasteiger partial charge in [-0.05, 0) is 73.7 Å². The molecule has 0 N–H and O–H groups in total. The summed E-state index contributed by atoms with van der Waals surface area (Å²) in [7, 11) is 0. The van der Waals surface area contributed by atoms with E-state index in [1.165, 1.54) is 10.6 Å². The lowest BCUT2D eigenvalue weighted by Gasteiger charge is -2.23. The Morgan fingerprint density at radius 2 is 1.86 bits per heavy atom. The van der Waals surface area contributed by atoms with E-state index in [1.54, 1.807) is 24.3 Å². The number of hydrogen-bond donors (Lipinski definition) is 0. The molecule has 3 aromatic rings. The maximum Gasteiger partial charge on any atom is 0.417 e. The van der Waals surface area contributed by atoms with Crippen LogP contribution in [-0.4, -0.2) is 17.5 Å². The summed E-state index contributed by atoms with van der Waals surface area (Å²) < 4.78 is 53.9. The first-order valence-corrected chi connectivity index (χ1v) is 11.4. The Bertz CT molecular complexity index is 1320. The number of alkyl halides is 3. The third-order valence-corrected chi connectivity index (χ3v) is 6.10. The maximum atomic E-state index is 13.8. The summed E-state index contributed by atoms with van der Waals surface area (Å²) in [4.78, 5) is 13.2. The predicted molar refractivity (Wildman–Crippen MR) is 125 cm³/mol. The molecule has 0 radical (unpaired) electrons. The number of rotatable bonds is 5. The minimum Gasteiger partial charge on any atom is -0.465 e. The molecule has 182 valence electrons. The number of ether oxygens (including phenoxy) is 2. The fraction of sp³-hybridized carbons (Fsp3) is 0.333. The number of nitriles is 1. The molecular weight excluding hydrogens is 457 g/mol. The summed E-state index contributed by atoms with van der Waals surface area (Å²) >= 11 is 0. The number of aryl methyl sites for hydroxylation is 2. The van der Waals surface area contributed by atoms with Crippen LogP contribution in [-0.2, 0) is 17.5 Å². The second kappa shape index (κ2) is 9.96. The van der Waals surface area contributed by atoms with Crippen molar-refractivity contribution in [3.8, 4) is 23.1 Å². The van der Waals surface area contributed by atoms with Crippen molar-refractivity contribution in [2.45, 2.75) is 52.1 Å². The largest absolute Gasteiger partial charge is 0.465 e. The Balaban J connectivity index is 1.80. The molecule has 4 rings (SSSR count). The quantitative estimate of drug-likeness (QED) is 0.449. The summed E-state index contributed by atoms with van der Waals surface area (Å²) in [6, 6.07) is 14.5. The molecule has 0 aliphatic carbocycles. The lowest BCUT2D eigenvalue weighted by atomic mass is 10.0. The van der Waals surface area contributed by atoms with Crippen LogP contribution < -0.4 is 10.3 Å². The van der Waals surface area contributed by atoms with Crippen LogP contribution in [0, 0.1) is 25.2 Å². The van der Waals surface area contributed by atoms with E-state index in [-0.39, 0.29) is 18.5 Å². The van der Waals surface area contributed by atoms with Crippen LogP contribution in [0.5, 0.6) is 5.75 Å². The SMILES string of the molecule is Cc1ccc(Cn2c(-c3ccc(OC4CCCCO4)cc3)cc(C(F)(F)F)c(C#N)c2=O)c(C)c1. The second-order valence-electron chi connectivity index (χ2n) is 8.69. The van der Waals surface area contributed by atoms with Gasteiger partial charge in [0, 0.05) is 6.42 Å². The third kappa shape index (κ3) is 5.41. The monoisotopic (exact) mass is 482 g/mol. The molecule has 0 spiro atoms. The average Bonchev–Trinajstić information content (AvgIpc) is 2.82. The molecule has 1 aliphatic rings. The molecule has 1 unspecified atom stereocenters. The van der Waals surface area contributed by atoms with Crippen molar-refractivity contribution >= 4 is 0 Å². The Labute approximate surface area is 201 Å². The molecule has 35 heavy (non-hydrogen) atoms. The molecule has 5 nitrogen and oxygen atoms in total. The van der Waals surface area contributed by atoms with Crippen LogP contribution in [0.3, 0.4) is 0 Å². The molecule has 1 aliphatic heterocycles. The minimum absolute atomic E-state index is 0.0290. The van der Waals surface area contributed by atoms with Gasteiger partial charge in [-0.1, -0.05) is 23.8 Å². The van der Waals surface area contributed by atoms with Crippen LogP contribution in [0.2, 0.25) is 0 Å². The maximum absolute atomic E-state index is 13.8. The summed E-state index contributed by atoms with van der Waals surface area (Å²) in [6.07, 6.45) is -2.46. The van der Waals surface area contributed by atoms with Crippen molar-refractivity contribution in [3.63, 3.8) is 0 Å². The number of pyridine rings is 1. The number of hydrogen-bond acceptors (Lipinski definition) is 4. The number of nitrogens with zero attached hydrogens (tertiary/aromatic N) is 2. The van der Waals surface area contributed by atoms with Gasteiger partial charge in [-0.3, -0.25) is 4.79 Å². The first kappa shape index (κ1) is 24.6. The third-order valence-electron chi connectivity index (χ3n) is 6.10. The van der Waals surface area contributed by atoms with Gasteiger partial charge in [0.15, 0.2) is 6.29 Å². The molecule has 0 saturated carbocycles. The van der Waals surface area contributed by atoms with Gasteiger partial charge < -0.3 is 14.0 Å². The highest BCUT2D eigenvalue weighted by Crippen LogP contribution is 2.34. The van der Waals surface area contributed by atoms with E-state index in [0.29, 0.717) is 17.9 Å². The van der Waals surface area contributed by atoms with Crippen molar-refractivity contribution in [2.24, 2.45) is 0 Å². The highest BCUT2D eigenvalue weighted by Gasteiger charge is 2.36. The summed E-state index contributed by atoms with van der Waals surface area (Å²) in [5, 5.41) is 9.41. The minimum atomic E-state index is -4.85. The highest BCUT2D eigenvalue weighted by atomic mass is 19.4. The molecule has 2 aromatic carbocycles. The van der Waals surface area contributed by atoms with Crippen molar-refractivity contribution in [1.29, 1.82) is 5.26 Å². The van der Waals surface area contributed by atoms with Gasteiger partial charge in [0.05, 0.1) is 24.4 Å². The highest BCUT2D eigenvalue weighted by molar-refractivity contribution is 5.63. The number of benzene rings is 2. The average molecular weight is 483 g/mol. The van der Waals surface area contributed by atoms with Gasteiger partial charge >= 0.3 is 6.18 Å². The molecule has 8 heteroatoms. The van der Waals surface area contributed by atoms with Gasteiger partial charge in [-0.15, -0.1) is 0 Å². The zero-order valence-electron chi connectivity index (χ0n) is 19.5. The van der Waals surface area contributed by atoms with Gasteiger partial charge in [0.1, 0.15) is 17.4 Å². The Hall–Kier alpha value is -3.57. The zero-order valence-corrected chi connectivity index (χ0v) is 19.5. The van der Waals surface area contributed by atoms with E-state index in [4.69, 9.17) is 9.47 Å². The fourth-order valence-corrected chi connectivity index (χ4v) is 4.23. The van der Waals surface area contributed by atoms with E-state index in [1.807, 2.05) is 32.0 Å². The molecule has 0 amide bonds. The van der Waals surface area contributed by atoms with Gasteiger partial charge in [-0.25, -0.2) is 0 Å². The first-order chi connectivity index (χ1) is 16.7. The van der Waals surface area contributed by atoms with E-state index in [2.05, 4.69) is 0 Å². The van der Waals surface area contributed by atoms with Crippen LogP contribution in [0.25, 0.3) is 11.3 Å². The van der Waals surface area contributed by atoms with Gasteiger partial charge in [0.2, 0.25) is 0 Å². The molecule has 0 bridgehead atoms. The summed E-state index contributed by atoms with van der Waals surface area (Å²) in [5.41, 5.74) is 0.0398. The van der Waals surface area contributed by atoms with Crippen molar-refractivity contribution in [3.05, 3.63) is 86.7 Å². The van der Waals surface area contributed by atoms with E-state index < -0.39 is 22.9 Å². The Morgan fingerprint density at radius 1 is 1.11 bits per heavy atom. The summed E-state index contributed by atoms with van der Waals surface area (Å²) in [5.74, 6) is 0.522. The number of halogens is 3. The molecule has 1 fully saturated rings. The van der Waals surface area contributed by atoms with Crippen LogP contribution in [0.1, 0.15) is 47.1 Å². The van der Waals surface area contributed by atoms with Crippen molar-refractivity contribution in [2.75, 3.05) is 6.61 Å². The van der Waals surface area contributed by atoms with E-state index in [0.717, 1.165) is 42.0 Å². The standard InChI is InChI=1S/C27H25F3N2O3/c1-17-6-7-20(18(2)13-17)16-32-24(14-23(27(28,29)30)22(15-31)26(32)33)19-8-10-21(11-9-19)35-25-5-3-4-12-34-25/h6-11,13-14,25H,3-5,12,16H2,1-2H3. The summed E-state index contributed by atoms with van der Waals surface area (Å²) in [6.45, 7) is 4.46. The molecule has 1 aromatic heterocycles. The van der Waals surface area contributed by atoms with Crippen LogP contribution in [0.15, 0.2) is 53.3 Å². The first-order valence-electron chi connectivity index (χ1n) is 11.4. The van der Waals surface area contributed by atoms with Crippen LogP contribution >= 0.6 is 0 Å². The van der Waals surface area contributed by atoms with Crippen molar-refractivity contribution in [1.82, 2.24) is 4.57 Å². The zero-order chi connectivity index (χ0) is 25.2. The molecular formula is C27H25F3N2O3. The van der Waals surface area contributed by atoms with E-state index >= 15 is 0 Å². The molecule has 1 atom stereocenters. The Morgan fingerprint density at radius 3 is 2.46 bits per heavy atom. The normalized spacial score (nSPS) is 16.1. The van der Waals surface area contributed by atoms with Crippen LogP contribution in [0.4, 0.5) is 13.2 Å². The second-order valence-corrected chi connectivity index (χ2v) is 8.69. The molecule has 2 heterocycles. The topological polar surface area (TPSA) is 64.2 Å². The molecule has 1 saturated heterocycles. The van der Waals surface area contributed by atoms with Crippen molar-refractivity contribution < 1.29 is 22.6 Å². The predicted octanol–water partition coefficient (Wildman–Crippen LogP) is 5.98. The van der Waals surface area contributed by atoms with Gasteiger partial charge in [-0.2, -0.15) is 18.4 Å². The number of aromatic nitrogens is 1. The smallest absolute Gasteiger partial charge is 0.417 e.